The van der Waals surface area contributed by atoms with E-state index in [1.807, 2.05) is 13.0 Å². The minimum absolute atomic E-state index is 0.125. The molecule has 6 nitrogen and oxygen atoms in total. The maximum atomic E-state index is 11.6. The van der Waals surface area contributed by atoms with Crippen LogP contribution in [0.15, 0.2) is 6.07 Å². The zero-order valence-corrected chi connectivity index (χ0v) is 12.3. The molecule has 2 rings (SSSR count). The molecule has 1 unspecified atom stereocenters. The summed E-state index contributed by atoms with van der Waals surface area (Å²) in [5.41, 5.74) is 0.772. The Balaban J connectivity index is 2.19. The quantitative estimate of drug-likeness (QED) is 0.815. The largest absolute Gasteiger partial charge is 0.463 e. The third kappa shape index (κ3) is 3.45. The summed E-state index contributed by atoms with van der Waals surface area (Å²) < 4.78 is 4.70. The second-order valence-electron chi connectivity index (χ2n) is 5.01. The number of aromatic nitrogens is 2. The van der Waals surface area contributed by atoms with Crippen molar-refractivity contribution in [2.75, 3.05) is 31.6 Å². The normalized spacial score (nSPS) is 18.1. The van der Waals surface area contributed by atoms with Crippen LogP contribution in [0.4, 0.5) is 5.82 Å². The van der Waals surface area contributed by atoms with Gasteiger partial charge in [-0.3, -0.25) is 0 Å². The lowest BCUT2D eigenvalue weighted by atomic mass is 10.2. The van der Waals surface area contributed by atoms with E-state index in [1.165, 1.54) is 20.0 Å². The van der Waals surface area contributed by atoms with Crippen molar-refractivity contribution in [3.05, 3.63) is 17.6 Å². The number of nitrogens with one attached hydrogen (secondary N) is 1. The summed E-state index contributed by atoms with van der Waals surface area (Å²) in [4.78, 5) is 22.2. The number of likely N-dealkylation sites (N-methyl/N-ethyl adjacent to an activating group) is 1. The van der Waals surface area contributed by atoms with Crippen LogP contribution >= 0.6 is 0 Å². The van der Waals surface area contributed by atoms with E-state index < -0.39 is 5.97 Å². The third-order valence-corrected chi connectivity index (χ3v) is 3.52. The van der Waals surface area contributed by atoms with Gasteiger partial charge in [-0.1, -0.05) is 0 Å². The lowest BCUT2D eigenvalue weighted by molar-refractivity contribution is 0.0586. The SMILES string of the molecule is CCN(CC1CCCN1)c1cc(C)nc(C(=O)OC)n1. The van der Waals surface area contributed by atoms with Gasteiger partial charge in [0.25, 0.3) is 0 Å². The smallest absolute Gasteiger partial charge is 0.376 e. The summed E-state index contributed by atoms with van der Waals surface area (Å²) in [6, 6.07) is 2.40. The van der Waals surface area contributed by atoms with Crippen LogP contribution in [0, 0.1) is 6.92 Å². The Kier molecular flexibility index (Phi) is 4.89. The second kappa shape index (κ2) is 6.65. The molecule has 1 aliphatic rings. The van der Waals surface area contributed by atoms with Gasteiger partial charge < -0.3 is 15.0 Å². The summed E-state index contributed by atoms with van der Waals surface area (Å²) in [6.07, 6.45) is 2.41. The number of methoxy groups -OCH3 is 1. The van der Waals surface area contributed by atoms with Crippen molar-refractivity contribution in [1.82, 2.24) is 15.3 Å². The molecule has 0 saturated carbocycles. The molecule has 20 heavy (non-hydrogen) atoms. The van der Waals surface area contributed by atoms with E-state index in [0.717, 1.165) is 31.1 Å². The fraction of sp³-hybridized carbons (Fsp3) is 0.643. The number of ether oxygens (including phenoxy) is 1. The average Bonchev–Trinajstić information content (AvgIpc) is 2.96. The van der Waals surface area contributed by atoms with Crippen LogP contribution in [0.1, 0.15) is 36.1 Å². The lowest BCUT2D eigenvalue weighted by Gasteiger charge is -2.25. The highest BCUT2D eigenvalue weighted by Gasteiger charge is 2.20. The number of esters is 1. The Labute approximate surface area is 119 Å². The molecular weight excluding hydrogens is 256 g/mol. The fourth-order valence-corrected chi connectivity index (χ4v) is 2.46. The van der Waals surface area contributed by atoms with Gasteiger partial charge in [-0.25, -0.2) is 14.8 Å². The predicted molar refractivity (Wildman–Crippen MR) is 77.0 cm³/mol. The summed E-state index contributed by atoms with van der Waals surface area (Å²) in [7, 11) is 1.34. The predicted octanol–water partition coefficient (Wildman–Crippen LogP) is 1.15. The van der Waals surface area contributed by atoms with Crippen LogP contribution in [0.25, 0.3) is 0 Å². The van der Waals surface area contributed by atoms with Crippen molar-refractivity contribution in [2.45, 2.75) is 32.7 Å². The molecule has 1 saturated heterocycles. The van der Waals surface area contributed by atoms with E-state index in [1.54, 1.807) is 0 Å². The summed E-state index contributed by atoms with van der Waals surface area (Å²) >= 11 is 0. The summed E-state index contributed by atoms with van der Waals surface area (Å²) in [5.74, 6) is 0.416. The second-order valence-corrected chi connectivity index (χ2v) is 5.01. The van der Waals surface area contributed by atoms with Crippen molar-refractivity contribution < 1.29 is 9.53 Å². The van der Waals surface area contributed by atoms with Crippen molar-refractivity contribution in [1.29, 1.82) is 0 Å². The molecule has 1 atom stereocenters. The number of hydrogen-bond acceptors (Lipinski definition) is 6. The first-order valence-electron chi connectivity index (χ1n) is 7.06. The monoisotopic (exact) mass is 278 g/mol. The standard InChI is InChI=1S/C14H22N4O2/c1-4-18(9-11-6-5-7-15-11)12-8-10(2)16-13(17-12)14(19)20-3/h8,11,15H,4-7,9H2,1-3H3. The van der Waals surface area contributed by atoms with Crippen molar-refractivity contribution in [3.8, 4) is 0 Å². The van der Waals surface area contributed by atoms with E-state index in [0.29, 0.717) is 6.04 Å². The van der Waals surface area contributed by atoms with Crippen LogP contribution in [-0.2, 0) is 4.74 Å². The van der Waals surface area contributed by atoms with E-state index in [9.17, 15) is 4.79 Å². The van der Waals surface area contributed by atoms with Crippen molar-refractivity contribution in [2.24, 2.45) is 0 Å². The zero-order chi connectivity index (χ0) is 14.5. The van der Waals surface area contributed by atoms with Gasteiger partial charge in [0.1, 0.15) is 5.82 Å². The zero-order valence-electron chi connectivity index (χ0n) is 12.3. The lowest BCUT2D eigenvalue weighted by Crippen LogP contribution is -2.38. The molecule has 0 aliphatic carbocycles. The van der Waals surface area contributed by atoms with E-state index in [-0.39, 0.29) is 5.82 Å². The van der Waals surface area contributed by atoms with Crippen LogP contribution in [0.2, 0.25) is 0 Å². The molecule has 2 heterocycles. The molecular formula is C14H22N4O2. The minimum Gasteiger partial charge on any atom is -0.463 e. The first-order chi connectivity index (χ1) is 9.63. The average molecular weight is 278 g/mol. The first kappa shape index (κ1) is 14.7. The maximum absolute atomic E-state index is 11.6. The van der Waals surface area contributed by atoms with Gasteiger partial charge in [-0.15, -0.1) is 0 Å². The molecule has 0 amide bonds. The molecule has 0 aromatic carbocycles. The first-order valence-corrected chi connectivity index (χ1v) is 7.06. The highest BCUT2D eigenvalue weighted by Crippen LogP contribution is 2.16. The summed E-state index contributed by atoms with van der Waals surface area (Å²) in [6.45, 7) is 6.77. The molecule has 1 aromatic heterocycles. The maximum Gasteiger partial charge on any atom is 0.376 e. The molecule has 1 N–H and O–H groups in total. The van der Waals surface area contributed by atoms with Gasteiger partial charge in [-0.05, 0) is 33.2 Å². The summed E-state index contributed by atoms with van der Waals surface area (Å²) in [5, 5.41) is 3.48. The highest BCUT2D eigenvalue weighted by atomic mass is 16.5. The molecule has 0 spiro atoms. The minimum atomic E-state index is -0.495. The fourth-order valence-electron chi connectivity index (χ4n) is 2.46. The van der Waals surface area contributed by atoms with Gasteiger partial charge >= 0.3 is 5.97 Å². The van der Waals surface area contributed by atoms with Gasteiger partial charge in [0.05, 0.1) is 7.11 Å². The number of anilines is 1. The van der Waals surface area contributed by atoms with Crippen molar-refractivity contribution in [3.63, 3.8) is 0 Å². The van der Waals surface area contributed by atoms with Gasteiger partial charge in [-0.2, -0.15) is 0 Å². The molecule has 1 aromatic rings. The molecule has 1 aliphatic heterocycles. The molecule has 110 valence electrons. The topological polar surface area (TPSA) is 67.4 Å². The van der Waals surface area contributed by atoms with Gasteiger partial charge in [0, 0.05) is 30.9 Å². The molecule has 0 radical (unpaired) electrons. The molecule has 0 bridgehead atoms. The Morgan fingerprint density at radius 3 is 2.95 bits per heavy atom. The molecule has 6 heteroatoms. The highest BCUT2D eigenvalue weighted by molar-refractivity contribution is 5.85. The Bertz CT molecular complexity index is 472. The number of carbonyl (C=O) groups is 1. The van der Waals surface area contributed by atoms with E-state index >= 15 is 0 Å². The number of carbonyl (C=O) groups excluding carboxylic acids is 1. The van der Waals surface area contributed by atoms with Crippen LogP contribution in [0.3, 0.4) is 0 Å². The van der Waals surface area contributed by atoms with Gasteiger partial charge in [0.15, 0.2) is 0 Å². The van der Waals surface area contributed by atoms with Crippen LogP contribution in [-0.4, -0.2) is 48.7 Å². The number of aryl methyl sites for hydroxylation is 1. The third-order valence-electron chi connectivity index (χ3n) is 3.52. The van der Waals surface area contributed by atoms with Crippen LogP contribution in [0.5, 0.6) is 0 Å². The van der Waals surface area contributed by atoms with E-state index in [2.05, 4.69) is 27.1 Å². The Morgan fingerprint density at radius 1 is 1.55 bits per heavy atom. The Hall–Kier alpha value is -1.69. The van der Waals surface area contributed by atoms with E-state index in [4.69, 9.17) is 4.74 Å². The van der Waals surface area contributed by atoms with Gasteiger partial charge in [0.2, 0.25) is 5.82 Å². The number of nitrogens with zero attached hydrogens (tertiary/aromatic N) is 3. The Morgan fingerprint density at radius 2 is 2.35 bits per heavy atom. The van der Waals surface area contributed by atoms with Crippen LogP contribution < -0.4 is 10.2 Å². The van der Waals surface area contributed by atoms with Crippen molar-refractivity contribution >= 4 is 11.8 Å². The molecule has 1 fully saturated rings. The number of rotatable bonds is 5. The number of hydrogen-bond donors (Lipinski definition) is 1.